The Morgan fingerprint density at radius 3 is 1.76 bits per heavy atom. The fourth-order valence-corrected chi connectivity index (χ4v) is 12.3. The molecule has 0 saturated carbocycles. The summed E-state index contributed by atoms with van der Waals surface area (Å²) < 4.78 is 9.20. The van der Waals surface area contributed by atoms with E-state index >= 15 is 0 Å². The SMILES string of the molecule is Cp1c2cc(Oc3[c-]c(N4[CH-]N(c5c(-c6ccccc6)cc(C(C)(C)C)cc5-c5cc(C(C)(C)C)cc(C(C)(C)C)c5)c5ccccc54)ccc3)[c-]c3c2c2c(cccc21)n3-c1cc(C(C)(C)C)ccn1.[Pt]. The van der Waals surface area contributed by atoms with Crippen LogP contribution in [0.25, 0.3) is 60.1 Å². The van der Waals surface area contributed by atoms with Gasteiger partial charge in [0.25, 0.3) is 0 Å². The first-order valence-corrected chi connectivity index (χ1v) is 26.8. The molecule has 0 saturated heterocycles. The molecule has 11 rings (SSSR count). The van der Waals surface area contributed by atoms with Crippen molar-refractivity contribution in [2.24, 2.45) is 6.66 Å². The molecule has 3 aromatic heterocycles. The topological polar surface area (TPSA) is 33.5 Å². The number of fused-ring (bicyclic) bond motifs is 1. The van der Waals surface area contributed by atoms with Crippen molar-refractivity contribution >= 4 is 62.3 Å². The Morgan fingerprint density at radius 1 is 0.514 bits per heavy atom. The van der Waals surface area contributed by atoms with E-state index in [1.54, 1.807) is 0 Å². The molecular weight excluding hydrogens is 1080 g/mol. The van der Waals surface area contributed by atoms with Crippen molar-refractivity contribution < 1.29 is 25.8 Å². The van der Waals surface area contributed by atoms with Gasteiger partial charge < -0.3 is 19.1 Å². The van der Waals surface area contributed by atoms with Crippen LogP contribution in [-0.2, 0) is 49.4 Å². The molecule has 0 fully saturated rings. The van der Waals surface area contributed by atoms with Crippen LogP contribution in [-0.4, -0.2) is 9.55 Å². The van der Waals surface area contributed by atoms with Crippen LogP contribution in [0.1, 0.15) is 105 Å². The summed E-state index contributed by atoms with van der Waals surface area (Å²) in [6.45, 7) is 32.3. The molecule has 0 spiro atoms. The minimum Gasteiger partial charge on any atom is -0.509 e. The van der Waals surface area contributed by atoms with E-state index in [0.717, 1.165) is 39.6 Å². The van der Waals surface area contributed by atoms with Gasteiger partial charge in [-0.15, -0.1) is 55.3 Å². The van der Waals surface area contributed by atoms with Gasteiger partial charge in [-0.1, -0.05) is 167 Å². The van der Waals surface area contributed by atoms with Gasteiger partial charge in [-0.3, -0.25) is 0 Å². The summed E-state index contributed by atoms with van der Waals surface area (Å²) in [5.41, 5.74) is 16.0. The quantitative estimate of drug-likeness (QED) is 0.149. The zero-order valence-corrected chi connectivity index (χ0v) is 47.1. The first-order valence-electron chi connectivity index (χ1n) is 25.0. The Labute approximate surface area is 442 Å². The summed E-state index contributed by atoms with van der Waals surface area (Å²) in [7, 11) is -0.585. The van der Waals surface area contributed by atoms with Crippen LogP contribution in [0.2, 0.25) is 0 Å². The number of rotatable bonds is 7. The van der Waals surface area contributed by atoms with Crippen molar-refractivity contribution in [2.45, 2.75) is 105 Å². The summed E-state index contributed by atoms with van der Waals surface area (Å²) in [6.07, 6.45) is 1.93. The zero-order chi connectivity index (χ0) is 49.9. The molecule has 4 heterocycles. The second-order valence-corrected chi connectivity index (χ2v) is 25.7. The zero-order valence-electron chi connectivity index (χ0n) is 43.9. The smallest absolute Gasteiger partial charge is 0.135 e. The summed E-state index contributed by atoms with van der Waals surface area (Å²) in [5, 5.41) is 5.25. The summed E-state index contributed by atoms with van der Waals surface area (Å²) in [6, 6.07) is 58.7. The van der Waals surface area contributed by atoms with Crippen molar-refractivity contribution in [1.82, 2.24) is 9.55 Å². The van der Waals surface area contributed by atoms with Crippen LogP contribution in [0.5, 0.6) is 11.5 Å². The Kier molecular flexibility index (Phi) is 12.2. The molecule has 7 aromatic carbocycles. The molecule has 1 atom stereocenters. The van der Waals surface area contributed by atoms with Gasteiger partial charge in [0.05, 0.1) is 0 Å². The second-order valence-electron chi connectivity index (χ2n) is 23.6. The predicted octanol–water partition coefficient (Wildman–Crippen LogP) is 18.6. The van der Waals surface area contributed by atoms with E-state index in [0.29, 0.717) is 11.5 Å². The fraction of sp³-hybridized carbons (Fsp3) is 0.262. The molecule has 72 heavy (non-hydrogen) atoms. The second kappa shape index (κ2) is 17.8. The normalized spacial score (nSPS) is 13.7. The number of anilines is 4. The molecule has 7 heteroatoms. The van der Waals surface area contributed by atoms with Crippen LogP contribution < -0.4 is 14.5 Å². The molecule has 10 aromatic rings. The Balaban J connectivity index is 0.00000596. The summed E-state index contributed by atoms with van der Waals surface area (Å²) in [4.78, 5) is 9.62. The molecule has 0 amide bonds. The maximum atomic E-state index is 6.92. The predicted molar refractivity (Wildman–Crippen MR) is 302 cm³/mol. The standard InChI is InChI=1S/C65H64N4OP.Pt/c1-62(2,3)43-29-30-66-58(36-43)69-54-27-20-28-56-59(54)60-55(69)38-49(39-57(60)71(56)13)70-48-24-19-23-47(37-48)67-40-68(53-26-18-17-25-52(53)67)61-50(41-21-15-14-16-22-41)34-46(65(10,11)12)35-51(61)42-31-44(63(4,5)6)33-45(32-42)64(7,8)9;/h14-36,39-40H,1-13H3;/q-3;. The number of nitrogens with zero attached hydrogens (tertiary/aromatic N) is 4. The van der Waals surface area contributed by atoms with Crippen LogP contribution in [0.3, 0.4) is 0 Å². The molecule has 5 nitrogen and oxygen atoms in total. The number of benzene rings is 7. The van der Waals surface area contributed by atoms with Gasteiger partial charge >= 0.3 is 0 Å². The van der Waals surface area contributed by atoms with E-state index in [-0.39, 0.29) is 42.7 Å². The summed E-state index contributed by atoms with van der Waals surface area (Å²) in [5.74, 6) is 2.18. The van der Waals surface area contributed by atoms with Crippen molar-refractivity contribution in [3.63, 3.8) is 0 Å². The van der Waals surface area contributed by atoms with Crippen LogP contribution in [0, 0.1) is 18.8 Å². The maximum absolute atomic E-state index is 6.92. The van der Waals surface area contributed by atoms with Crippen LogP contribution >= 0.6 is 7.53 Å². The molecule has 368 valence electrons. The molecule has 1 unspecified atom stereocenters. The first kappa shape index (κ1) is 49.5. The number of pyridine rings is 1. The Hall–Kier alpha value is -6.12. The van der Waals surface area contributed by atoms with Crippen molar-refractivity contribution in [1.29, 1.82) is 0 Å². The average Bonchev–Trinajstić information content (AvgIpc) is 3.98. The molecular formula is C65H64N4OPPt-3. The molecule has 0 N–H and O–H groups in total. The first-order chi connectivity index (χ1) is 33.6. The Bertz CT molecular complexity index is 3640. The maximum Gasteiger partial charge on any atom is 0.135 e. The summed E-state index contributed by atoms with van der Waals surface area (Å²) >= 11 is 0. The van der Waals surface area contributed by atoms with Gasteiger partial charge in [0.15, 0.2) is 0 Å². The van der Waals surface area contributed by atoms with Gasteiger partial charge in [0, 0.05) is 72.5 Å². The largest absolute Gasteiger partial charge is 0.509 e. The van der Waals surface area contributed by atoms with Crippen LogP contribution in [0.15, 0.2) is 146 Å². The van der Waals surface area contributed by atoms with E-state index in [1.807, 2.05) is 12.3 Å². The third kappa shape index (κ3) is 8.65. The van der Waals surface area contributed by atoms with Crippen LogP contribution in [0.4, 0.5) is 22.7 Å². The van der Waals surface area contributed by atoms with Gasteiger partial charge in [-0.2, -0.15) is 6.07 Å². The number of hydrogen-bond acceptors (Lipinski definition) is 4. The molecule has 0 radical (unpaired) electrons. The molecule has 0 bridgehead atoms. The number of para-hydroxylation sites is 2. The average molecular weight is 1140 g/mol. The van der Waals surface area contributed by atoms with E-state index in [2.05, 4.69) is 256 Å². The minimum absolute atomic E-state index is 0. The number of aromatic nitrogens is 2. The van der Waals surface area contributed by atoms with Gasteiger partial charge in [0.1, 0.15) is 5.82 Å². The third-order valence-electron chi connectivity index (χ3n) is 14.4. The van der Waals surface area contributed by atoms with Gasteiger partial charge in [0.2, 0.25) is 0 Å². The van der Waals surface area contributed by atoms with Gasteiger partial charge in [-0.05, 0) is 115 Å². The molecule has 0 aliphatic carbocycles. The number of hydrogen-bond donors (Lipinski definition) is 0. The monoisotopic (exact) mass is 1140 g/mol. The third-order valence-corrected chi connectivity index (χ3v) is 16.6. The van der Waals surface area contributed by atoms with E-state index in [4.69, 9.17) is 9.72 Å². The van der Waals surface area contributed by atoms with E-state index in [1.165, 1.54) is 65.5 Å². The molecule has 1 aliphatic rings. The minimum atomic E-state index is -0.585. The van der Waals surface area contributed by atoms with E-state index < -0.39 is 7.53 Å². The number of ether oxygens (including phenoxy) is 1. The Morgan fingerprint density at radius 2 is 1.11 bits per heavy atom. The van der Waals surface area contributed by atoms with Crippen molar-refractivity contribution in [3.05, 3.63) is 187 Å². The fourth-order valence-electron chi connectivity index (χ4n) is 10.3. The van der Waals surface area contributed by atoms with Crippen molar-refractivity contribution in [2.75, 3.05) is 9.80 Å². The number of aryl methyl sites for hydroxylation is 1. The molecule has 1 aliphatic heterocycles. The van der Waals surface area contributed by atoms with Gasteiger partial charge in [-0.25, -0.2) is 4.98 Å². The van der Waals surface area contributed by atoms with E-state index in [9.17, 15) is 0 Å². The van der Waals surface area contributed by atoms with Crippen molar-refractivity contribution in [3.8, 4) is 39.6 Å².